The molecule has 0 spiro atoms. The summed E-state index contributed by atoms with van der Waals surface area (Å²) in [6, 6.07) is 13.5. The molecule has 0 aromatic heterocycles. The van der Waals surface area contributed by atoms with E-state index >= 15 is 0 Å². The lowest BCUT2D eigenvalue weighted by Gasteiger charge is -2.05. The molecule has 5 heteroatoms. The molecule has 104 valence electrons. The van der Waals surface area contributed by atoms with Crippen LogP contribution in [-0.2, 0) is 16.6 Å². The highest BCUT2D eigenvalue weighted by Crippen LogP contribution is 2.18. The first-order valence-corrected chi connectivity index (χ1v) is 7.26. The molecule has 2 rings (SSSR count). The predicted octanol–water partition coefficient (Wildman–Crippen LogP) is 2.70. The summed E-state index contributed by atoms with van der Waals surface area (Å²) in [6.45, 7) is 0. The van der Waals surface area contributed by atoms with E-state index in [1.165, 1.54) is 12.1 Å². The highest BCUT2D eigenvalue weighted by atomic mass is 32.2. The average Bonchev–Trinajstić information content (AvgIpc) is 2.47. The van der Waals surface area contributed by atoms with Crippen LogP contribution in [0.3, 0.4) is 0 Å². The SMILES string of the molecule is COc1cccc(S(=O)Cc2ccc(C(=O)O)cc2)c1. The molecule has 4 nitrogen and oxygen atoms in total. The van der Waals surface area contributed by atoms with Gasteiger partial charge in [-0.15, -0.1) is 0 Å². The third-order valence-corrected chi connectivity index (χ3v) is 4.18. The zero-order valence-electron chi connectivity index (χ0n) is 10.9. The summed E-state index contributed by atoms with van der Waals surface area (Å²) in [5.74, 6) is 0.0371. The van der Waals surface area contributed by atoms with Gasteiger partial charge in [-0.05, 0) is 35.9 Å². The molecule has 2 aromatic carbocycles. The molecule has 0 bridgehead atoms. The number of aromatic carboxylic acids is 1. The van der Waals surface area contributed by atoms with E-state index in [-0.39, 0.29) is 5.56 Å². The topological polar surface area (TPSA) is 63.6 Å². The molecule has 0 saturated carbocycles. The summed E-state index contributed by atoms with van der Waals surface area (Å²) >= 11 is 0. The van der Waals surface area contributed by atoms with Crippen LogP contribution in [0.4, 0.5) is 0 Å². The largest absolute Gasteiger partial charge is 0.497 e. The van der Waals surface area contributed by atoms with E-state index in [1.54, 1.807) is 43.5 Å². The number of carboxylic acids is 1. The van der Waals surface area contributed by atoms with Crippen LogP contribution in [0.25, 0.3) is 0 Å². The van der Waals surface area contributed by atoms with Crippen LogP contribution >= 0.6 is 0 Å². The Balaban J connectivity index is 2.12. The lowest BCUT2D eigenvalue weighted by atomic mass is 10.1. The lowest BCUT2D eigenvalue weighted by Crippen LogP contribution is -1.99. The highest BCUT2D eigenvalue weighted by molar-refractivity contribution is 7.84. The Kier molecular flexibility index (Phi) is 4.53. The standard InChI is InChI=1S/C15H14O4S/c1-19-13-3-2-4-14(9-13)20(18)10-11-5-7-12(8-6-11)15(16)17/h2-9H,10H2,1H3,(H,16,17). The highest BCUT2D eigenvalue weighted by Gasteiger charge is 2.08. The number of ether oxygens (including phenoxy) is 1. The number of methoxy groups -OCH3 is 1. The number of carboxylic acid groups (broad SMARTS) is 1. The molecule has 1 N–H and O–H groups in total. The van der Waals surface area contributed by atoms with Crippen molar-refractivity contribution in [1.82, 2.24) is 0 Å². The molecular weight excluding hydrogens is 276 g/mol. The minimum Gasteiger partial charge on any atom is -0.497 e. The Labute approximate surface area is 119 Å². The summed E-state index contributed by atoms with van der Waals surface area (Å²) in [4.78, 5) is 11.4. The lowest BCUT2D eigenvalue weighted by molar-refractivity contribution is 0.0697. The third kappa shape index (κ3) is 3.45. The van der Waals surface area contributed by atoms with E-state index in [1.807, 2.05) is 0 Å². The second kappa shape index (κ2) is 6.34. The van der Waals surface area contributed by atoms with Gasteiger partial charge in [-0.1, -0.05) is 18.2 Å². The molecule has 1 atom stereocenters. The summed E-state index contributed by atoms with van der Waals surface area (Å²) in [7, 11) is 0.371. The first-order valence-electron chi connectivity index (χ1n) is 5.95. The fraction of sp³-hybridized carbons (Fsp3) is 0.133. The number of benzene rings is 2. The van der Waals surface area contributed by atoms with Gasteiger partial charge in [0, 0.05) is 4.90 Å². The number of carbonyl (C=O) groups is 1. The number of rotatable bonds is 5. The van der Waals surface area contributed by atoms with Crippen molar-refractivity contribution in [3.05, 3.63) is 59.7 Å². The zero-order chi connectivity index (χ0) is 14.5. The molecule has 0 saturated heterocycles. The number of hydrogen-bond acceptors (Lipinski definition) is 3. The van der Waals surface area contributed by atoms with Gasteiger partial charge in [-0.3, -0.25) is 4.21 Å². The molecule has 0 aliphatic carbocycles. The van der Waals surface area contributed by atoms with Crippen molar-refractivity contribution in [3.63, 3.8) is 0 Å². The average molecular weight is 290 g/mol. The van der Waals surface area contributed by atoms with Crippen LogP contribution in [0.2, 0.25) is 0 Å². The Morgan fingerprint density at radius 2 is 1.90 bits per heavy atom. The van der Waals surface area contributed by atoms with Crippen LogP contribution < -0.4 is 4.74 Å². The van der Waals surface area contributed by atoms with Crippen LogP contribution in [-0.4, -0.2) is 22.4 Å². The monoisotopic (exact) mass is 290 g/mol. The van der Waals surface area contributed by atoms with Crippen molar-refractivity contribution in [1.29, 1.82) is 0 Å². The van der Waals surface area contributed by atoms with E-state index in [0.29, 0.717) is 16.4 Å². The van der Waals surface area contributed by atoms with Crippen molar-refractivity contribution >= 4 is 16.8 Å². The van der Waals surface area contributed by atoms with Gasteiger partial charge >= 0.3 is 5.97 Å². The van der Waals surface area contributed by atoms with Crippen LogP contribution in [0.1, 0.15) is 15.9 Å². The van der Waals surface area contributed by atoms with Crippen LogP contribution in [0.5, 0.6) is 5.75 Å². The fourth-order valence-electron chi connectivity index (χ4n) is 1.72. The van der Waals surface area contributed by atoms with Gasteiger partial charge in [-0.25, -0.2) is 4.79 Å². The van der Waals surface area contributed by atoms with Crippen LogP contribution in [0, 0.1) is 0 Å². The minimum atomic E-state index is -1.19. The summed E-state index contributed by atoms with van der Waals surface area (Å²) in [6.07, 6.45) is 0. The smallest absolute Gasteiger partial charge is 0.335 e. The molecule has 0 heterocycles. The van der Waals surface area contributed by atoms with E-state index in [2.05, 4.69) is 0 Å². The molecule has 2 aromatic rings. The van der Waals surface area contributed by atoms with Gasteiger partial charge in [0.15, 0.2) is 0 Å². The van der Waals surface area contributed by atoms with Gasteiger partial charge < -0.3 is 9.84 Å². The van der Waals surface area contributed by atoms with Gasteiger partial charge in [0.05, 0.1) is 29.2 Å². The van der Waals surface area contributed by atoms with Crippen LogP contribution in [0.15, 0.2) is 53.4 Å². The molecule has 0 aliphatic heterocycles. The Bertz CT molecular complexity index is 635. The first-order chi connectivity index (χ1) is 9.60. The second-order valence-electron chi connectivity index (χ2n) is 4.17. The number of hydrogen-bond donors (Lipinski definition) is 1. The summed E-state index contributed by atoms with van der Waals surface area (Å²) < 4.78 is 17.3. The van der Waals surface area contributed by atoms with Crippen molar-refractivity contribution in [2.45, 2.75) is 10.6 Å². The Hall–Kier alpha value is -2.14. The molecular formula is C15H14O4S. The zero-order valence-corrected chi connectivity index (χ0v) is 11.7. The van der Waals surface area contributed by atoms with E-state index in [4.69, 9.17) is 9.84 Å². The van der Waals surface area contributed by atoms with Crippen molar-refractivity contribution in [2.75, 3.05) is 7.11 Å². The van der Waals surface area contributed by atoms with Crippen molar-refractivity contribution in [3.8, 4) is 5.75 Å². The Morgan fingerprint density at radius 1 is 1.20 bits per heavy atom. The predicted molar refractivity (Wildman–Crippen MR) is 76.5 cm³/mol. The summed E-state index contributed by atoms with van der Waals surface area (Å²) in [5, 5.41) is 8.82. The maximum Gasteiger partial charge on any atom is 0.335 e. The van der Waals surface area contributed by atoms with E-state index < -0.39 is 16.8 Å². The van der Waals surface area contributed by atoms with Gasteiger partial charge in [0.2, 0.25) is 0 Å². The first kappa shape index (κ1) is 14.3. The summed E-state index contributed by atoms with van der Waals surface area (Å²) in [5.41, 5.74) is 1.05. The normalized spacial score (nSPS) is 11.8. The molecule has 0 amide bonds. The minimum absolute atomic E-state index is 0.223. The maximum absolute atomic E-state index is 12.2. The molecule has 0 aliphatic rings. The fourth-order valence-corrected chi connectivity index (χ4v) is 2.86. The second-order valence-corrected chi connectivity index (χ2v) is 5.62. The Morgan fingerprint density at radius 3 is 2.50 bits per heavy atom. The third-order valence-electron chi connectivity index (χ3n) is 2.80. The maximum atomic E-state index is 12.2. The molecule has 0 radical (unpaired) electrons. The van der Waals surface area contributed by atoms with Gasteiger partial charge in [-0.2, -0.15) is 0 Å². The van der Waals surface area contributed by atoms with Crippen molar-refractivity contribution in [2.24, 2.45) is 0 Å². The van der Waals surface area contributed by atoms with Crippen molar-refractivity contribution < 1.29 is 18.8 Å². The quantitative estimate of drug-likeness (QED) is 0.919. The van der Waals surface area contributed by atoms with Gasteiger partial charge in [0.1, 0.15) is 5.75 Å². The molecule has 20 heavy (non-hydrogen) atoms. The van der Waals surface area contributed by atoms with Gasteiger partial charge in [0.25, 0.3) is 0 Å². The molecule has 0 fully saturated rings. The van der Waals surface area contributed by atoms with E-state index in [0.717, 1.165) is 5.56 Å². The van der Waals surface area contributed by atoms with E-state index in [9.17, 15) is 9.00 Å². The molecule has 1 unspecified atom stereocenters.